The molecule has 10 heteroatoms. The van der Waals surface area contributed by atoms with Gasteiger partial charge in [-0.25, -0.2) is 4.39 Å². The first-order valence-corrected chi connectivity index (χ1v) is 11.1. The first kappa shape index (κ1) is 23.5. The maximum atomic E-state index is 13.2. The van der Waals surface area contributed by atoms with Crippen LogP contribution in [0.25, 0.3) is 11.4 Å². The van der Waals surface area contributed by atoms with Crippen molar-refractivity contribution < 1.29 is 13.9 Å². The van der Waals surface area contributed by atoms with Gasteiger partial charge in [-0.05, 0) is 43.7 Å². The van der Waals surface area contributed by atoms with Crippen molar-refractivity contribution in [3.63, 3.8) is 0 Å². The first-order chi connectivity index (χ1) is 14.9. The highest BCUT2D eigenvalue weighted by Gasteiger charge is 2.22. The Balaban J connectivity index is 1.80. The molecule has 0 aliphatic carbocycles. The largest absolute Gasteiger partial charge is 0.385 e. The number of ether oxygens (including phenoxy) is 1. The smallest absolute Gasteiger partial charge is 0.237 e. The predicted octanol–water partition coefficient (Wildman–Crippen LogP) is 5.55. The molecule has 0 saturated carbocycles. The standard InChI is InChI=1S/C21H21Cl2FN4O2S/c1-13(20(29)25-18-9-8-14(24)12-17(18)23)31-21-27-26-19(28(21)10-5-11-30-2)15-6-3-4-7-16(15)22/h3-4,6-9,12-13H,5,10-11H2,1-2H3,(H,25,29)/t13-/m1/s1. The maximum absolute atomic E-state index is 13.2. The second-order valence-corrected chi connectivity index (χ2v) is 8.78. The molecule has 31 heavy (non-hydrogen) atoms. The number of hydrogen-bond donors (Lipinski definition) is 1. The molecule has 0 bridgehead atoms. The van der Waals surface area contributed by atoms with E-state index in [1.165, 1.54) is 23.9 Å². The Bertz CT molecular complexity index is 1060. The van der Waals surface area contributed by atoms with E-state index >= 15 is 0 Å². The fraction of sp³-hybridized carbons (Fsp3) is 0.286. The number of halogens is 3. The highest BCUT2D eigenvalue weighted by molar-refractivity contribution is 8.00. The second kappa shape index (κ2) is 10.9. The van der Waals surface area contributed by atoms with E-state index in [1.807, 2.05) is 22.8 Å². The van der Waals surface area contributed by atoms with Crippen LogP contribution in [0.3, 0.4) is 0 Å². The van der Waals surface area contributed by atoms with Crippen molar-refractivity contribution in [2.24, 2.45) is 0 Å². The fourth-order valence-corrected chi connectivity index (χ4v) is 4.13. The molecule has 3 aromatic rings. The molecular formula is C21H21Cl2FN4O2S. The van der Waals surface area contributed by atoms with Crippen molar-refractivity contribution in [3.8, 4) is 11.4 Å². The summed E-state index contributed by atoms with van der Waals surface area (Å²) in [5, 5.41) is 12.1. The van der Waals surface area contributed by atoms with Crippen LogP contribution in [0.1, 0.15) is 13.3 Å². The lowest BCUT2D eigenvalue weighted by Gasteiger charge is -2.14. The summed E-state index contributed by atoms with van der Waals surface area (Å²) in [6, 6.07) is 11.2. The molecule has 1 aromatic heterocycles. The molecule has 0 aliphatic heterocycles. The van der Waals surface area contributed by atoms with E-state index in [0.29, 0.717) is 34.8 Å². The molecule has 2 aromatic carbocycles. The van der Waals surface area contributed by atoms with E-state index in [0.717, 1.165) is 18.1 Å². The minimum Gasteiger partial charge on any atom is -0.385 e. The zero-order chi connectivity index (χ0) is 22.4. The fourth-order valence-electron chi connectivity index (χ4n) is 2.82. The molecule has 1 N–H and O–H groups in total. The van der Waals surface area contributed by atoms with Gasteiger partial charge in [-0.15, -0.1) is 10.2 Å². The number of nitrogens with one attached hydrogen (secondary N) is 1. The van der Waals surface area contributed by atoms with E-state index in [4.69, 9.17) is 27.9 Å². The molecule has 0 aliphatic rings. The number of hydrogen-bond acceptors (Lipinski definition) is 5. The average molecular weight is 483 g/mol. The number of methoxy groups -OCH3 is 1. The number of anilines is 1. The van der Waals surface area contributed by atoms with Gasteiger partial charge in [-0.1, -0.05) is 47.1 Å². The van der Waals surface area contributed by atoms with Crippen LogP contribution in [0.5, 0.6) is 0 Å². The Morgan fingerprint density at radius 1 is 1.23 bits per heavy atom. The molecule has 0 radical (unpaired) electrons. The molecule has 1 atom stereocenters. The normalized spacial score (nSPS) is 12.0. The van der Waals surface area contributed by atoms with Crippen LogP contribution in [0.2, 0.25) is 10.0 Å². The predicted molar refractivity (Wildman–Crippen MR) is 122 cm³/mol. The van der Waals surface area contributed by atoms with Gasteiger partial charge in [0.2, 0.25) is 5.91 Å². The third kappa shape index (κ3) is 5.98. The van der Waals surface area contributed by atoms with E-state index in [2.05, 4.69) is 15.5 Å². The number of aromatic nitrogens is 3. The molecule has 0 saturated heterocycles. The summed E-state index contributed by atoms with van der Waals surface area (Å²) in [6.45, 7) is 2.92. The Morgan fingerprint density at radius 3 is 2.71 bits per heavy atom. The highest BCUT2D eigenvalue weighted by Crippen LogP contribution is 2.31. The number of benzene rings is 2. The second-order valence-electron chi connectivity index (χ2n) is 6.66. The van der Waals surface area contributed by atoms with Gasteiger partial charge in [0.15, 0.2) is 11.0 Å². The summed E-state index contributed by atoms with van der Waals surface area (Å²) in [4.78, 5) is 12.7. The molecule has 0 fully saturated rings. The number of rotatable bonds is 9. The SMILES string of the molecule is COCCCn1c(S[C@H](C)C(=O)Nc2ccc(F)cc2Cl)nnc1-c1ccccc1Cl. The van der Waals surface area contributed by atoms with Crippen molar-refractivity contribution in [2.75, 3.05) is 19.0 Å². The molecule has 164 valence electrons. The summed E-state index contributed by atoms with van der Waals surface area (Å²) in [6.07, 6.45) is 0.741. The summed E-state index contributed by atoms with van der Waals surface area (Å²) < 4.78 is 20.3. The molecule has 0 unspecified atom stereocenters. The van der Waals surface area contributed by atoms with Crippen LogP contribution in [0, 0.1) is 5.82 Å². The molecule has 1 amide bonds. The van der Waals surface area contributed by atoms with Crippen molar-refractivity contribution >= 4 is 46.6 Å². The van der Waals surface area contributed by atoms with Crippen molar-refractivity contribution in [1.29, 1.82) is 0 Å². The van der Waals surface area contributed by atoms with Crippen LogP contribution >= 0.6 is 35.0 Å². The van der Waals surface area contributed by atoms with Gasteiger partial charge in [0.05, 0.1) is 21.0 Å². The summed E-state index contributed by atoms with van der Waals surface area (Å²) in [7, 11) is 1.64. The van der Waals surface area contributed by atoms with Crippen molar-refractivity contribution in [2.45, 2.75) is 30.3 Å². The first-order valence-electron chi connectivity index (χ1n) is 9.50. The Hall–Kier alpha value is -2.13. The average Bonchev–Trinajstić information content (AvgIpc) is 3.12. The molecular weight excluding hydrogens is 462 g/mol. The van der Waals surface area contributed by atoms with Gasteiger partial charge < -0.3 is 14.6 Å². The minimum absolute atomic E-state index is 0.134. The Kier molecular flexibility index (Phi) is 8.31. The van der Waals surface area contributed by atoms with Crippen molar-refractivity contribution in [1.82, 2.24) is 14.8 Å². The van der Waals surface area contributed by atoms with Gasteiger partial charge in [0.25, 0.3) is 0 Å². The van der Waals surface area contributed by atoms with Crippen molar-refractivity contribution in [3.05, 3.63) is 58.3 Å². The number of carbonyl (C=O) groups is 1. The van der Waals surface area contributed by atoms with E-state index in [1.54, 1.807) is 20.1 Å². The lowest BCUT2D eigenvalue weighted by Crippen LogP contribution is -2.23. The molecule has 1 heterocycles. The van der Waals surface area contributed by atoms with E-state index in [-0.39, 0.29) is 10.9 Å². The maximum Gasteiger partial charge on any atom is 0.237 e. The summed E-state index contributed by atoms with van der Waals surface area (Å²) >= 11 is 13.6. The highest BCUT2D eigenvalue weighted by atomic mass is 35.5. The van der Waals surface area contributed by atoms with Gasteiger partial charge in [0, 0.05) is 25.8 Å². The lowest BCUT2D eigenvalue weighted by atomic mass is 10.2. The number of thioether (sulfide) groups is 1. The summed E-state index contributed by atoms with van der Waals surface area (Å²) in [5.41, 5.74) is 1.11. The van der Waals surface area contributed by atoms with Gasteiger partial charge in [-0.2, -0.15) is 0 Å². The van der Waals surface area contributed by atoms with Crippen LogP contribution < -0.4 is 5.32 Å². The van der Waals surface area contributed by atoms with E-state index < -0.39 is 11.1 Å². The Morgan fingerprint density at radius 2 is 2.00 bits per heavy atom. The van der Waals surface area contributed by atoms with Gasteiger partial charge in [-0.3, -0.25) is 4.79 Å². The van der Waals surface area contributed by atoms with Crippen LogP contribution in [-0.2, 0) is 16.1 Å². The molecule has 6 nitrogen and oxygen atoms in total. The Labute approximate surface area is 194 Å². The lowest BCUT2D eigenvalue weighted by molar-refractivity contribution is -0.115. The quantitative estimate of drug-likeness (QED) is 0.320. The van der Waals surface area contributed by atoms with Crippen LogP contribution in [-0.4, -0.2) is 39.6 Å². The minimum atomic E-state index is -0.509. The number of carbonyl (C=O) groups excluding carboxylic acids is 1. The van der Waals surface area contributed by atoms with Gasteiger partial charge in [0.1, 0.15) is 5.82 Å². The number of amides is 1. The molecule has 0 spiro atoms. The van der Waals surface area contributed by atoms with E-state index in [9.17, 15) is 9.18 Å². The van der Waals surface area contributed by atoms with Crippen LogP contribution in [0.15, 0.2) is 47.6 Å². The zero-order valence-electron chi connectivity index (χ0n) is 16.9. The van der Waals surface area contributed by atoms with Crippen LogP contribution in [0.4, 0.5) is 10.1 Å². The number of nitrogens with zero attached hydrogens (tertiary/aromatic N) is 3. The third-order valence-corrected chi connectivity index (χ3v) is 6.12. The monoisotopic (exact) mass is 482 g/mol. The third-order valence-electron chi connectivity index (χ3n) is 4.40. The van der Waals surface area contributed by atoms with Gasteiger partial charge >= 0.3 is 0 Å². The topological polar surface area (TPSA) is 69.0 Å². The molecule has 3 rings (SSSR count). The zero-order valence-corrected chi connectivity index (χ0v) is 19.3. The summed E-state index contributed by atoms with van der Waals surface area (Å²) in [5.74, 6) is -0.135.